The van der Waals surface area contributed by atoms with E-state index in [1.807, 2.05) is 0 Å². The van der Waals surface area contributed by atoms with Gasteiger partial charge in [-0.05, 0) is 121 Å². The zero-order chi connectivity index (χ0) is 30.6. The molecule has 0 radical (unpaired) electrons. The van der Waals surface area contributed by atoms with E-state index in [0.29, 0.717) is 11.8 Å². The van der Waals surface area contributed by atoms with Gasteiger partial charge in [-0.3, -0.25) is 0 Å². The molecule has 0 aliphatic carbocycles. The Bertz CT molecular complexity index is 1290. The minimum Gasteiger partial charge on any atom is -0.399 e. The van der Waals surface area contributed by atoms with Crippen molar-refractivity contribution in [1.29, 1.82) is 0 Å². The first-order chi connectivity index (χ1) is 20.9. The average Bonchev–Trinajstić information content (AvgIpc) is 3.00. The summed E-state index contributed by atoms with van der Waals surface area (Å²) in [6.45, 7) is 8.94. The monoisotopic (exact) mass is 574 g/mol. The summed E-state index contributed by atoms with van der Waals surface area (Å²) >= 11 is 0. The molecule has 2 heteroatoms. The van der Waals surface area contributed by atoms with Crippen LogP contribution in [0.25, 0.3) is 0 Å². The molecule has 0 saturated carbocycles. The van der Waals surface area contributed by atoms with Crippen LogP contribution >= 0.6 is 0 Å². The maximum Gasteiger partial charge on any atom is 0.0316 e. The van der Waals surface area contributed by atoms with Crippen molar-refractivity contribution in [1.82, 2.24) is 0 Å². The first-order valence-corrected chi connectivity index (χ1v) is 16.8. The van der Waals surface area contributed by atoms with E-state index < -0.39 is 0 Å². The van der Waals surface area contributed by atoms with Crippen molar-refractivity contribution in [2.24, 2.45) is 0 Å². The Morgan fingerprint density at radius 3 is 1.23 bits per heavy atom. The summed E-state index contributed by atoms with van der Waals surface area (Å²) in [5, 5.41) is 0. The first-order valence-electron chi connectivity index (χ1n) is 16.8. The summed E-state index contributed by atoms with van der Waals surface area (Å²) in [7, 11) is 0. The molecule has 2 unspecified atom stereocenters. The van der Waals surface area contributed by atoms with Crippen molar-refractivity contribution in [3.63, 3.8) is 0 Å². The minimum absolute atomic E-state index is 0.443. The number of rotatable bonds is 16. The van der Waals surface area contributed by atoms with Gasteiger partial charge in [0.1, 0.15) is 0 Å². The van der Waals surface area contributed by atoms with E-state index >= 15 is 0 Å². The molecule has 0 fully saturated rings. The fourth-order valence-corrected chi connectivity index (χ4v) is 6.67. The van der Waals surface area contributed by atoms with Crippen LogP contribution < -0.4 is 11.5 Å². The molecule has 0 heterocycles. The molecule has 0 aromatic heterocycles. The standard InChI is InChI=1S/C41H54N2/c1-5-7-14-40(38-26-24-36(42)28-30(38)3)34-20-16-32(17-21-34)12-10-9-11-13-33-18-22-35(23-19-33)41(15-8-6-2)39-27-25-37(43)29-31(39)4/h16-29,40-41H,5-15,42-43H2,1-4H3. The highest BCUT2D eigenvalue weighted by atomic mass is 14.5. The van der Waals surface area contributed by atoms with Gasteiger partial charge in [0.15, 0.2) is 0 Å². The molecule has 4 rings (SSSR count). The molecule has 228 valence electrons. The molecule has 0 aliphatic heterocycles. The Balaban J connectivity index is 1.28. The quantitative estimate of drug-likeness (QED) is 0.103. The second kappa shape index (κ2) is 16.4. The number of aryl methyl sites for hydroxylation is 4. The maximum atomic E-state index is 6.04. The summed E-state index contributed by atoms with van der Waals surface area (Å²) in [4.78, 5) is 0. The van der Waals surface area contributed by atoms with Gasteiger partial charge in [0.05, 0.1) is 0 Å². The van der Waals surface area contributed by atoms with Crippen molar-refractivity contribution < 1.29 is 0 Å². The van der Waals surface area contributed by atoms with E-state index in [9.17, 15) is 0 Å². The lowest BCUT2D eigenvalue weighted by Gasteiger charge is -2.21. The van der Waals surface area contributed by atoms with Crippen LogP contribution in [0, 0.1) is 13.8 Å². The van der Waals surface area contributed by atoms with Crippen LogP contribution in [0.5, 0.6) is 0 Å². The molecule has 0 spiro atoms. The van der Waals surface area contributed by atoms with Gasteiger partial charge in [-0.25, -0.2) is 0 Å². The number of hydrogen-bond donors (Lipinski definition) is 2. The highest BCUT2D eigenvalue weighted by Crippen LogP contribution is 2.34. The van der Waals surface area contributed by atoms with E-state index in [1.165, 1.54) is 102 Å². The van der Waals surface area contributed by atoms with Crippen LogP contribution in [-0.2, 0) is 12.8 Å². The molecule has 2 atom stereocenters. The van der Waals surface area contributed by atoms with Crippen molar-refractivity contribution >= 4 is 11.4 Å². The van der Waals surface area contributed by atoms with Gasteiger partial charge in [-0.2, -0.15) is 0 Å². The highest BCUT2D eigenvalue weighted by molar-refractivity contribution is 5.49. The third-order valence-corrected chi connectivity index (χ3v) is 9.23. The van der Waals surface area contributed by atoms with Gasteiger partial charge in [0.25, 0.3) is 0 Å². The smallest absolute Gasteiger partial charge is 0.0316 e. The number of hydrogen-bond acceptors (Lipinski definition) is 2. The Kier molecular flexibility index (Phi) is 12.3. The Labute approximate surface area is 261 Å². The van der Waals surface area contributed by atoms with Gasteiger partial charge in [-0.15, -0.1) is 0 Å². The fraction of sp³-hybridized carbons (Fsp3) is 0.415. The van der Waals surface area contributed by atoms with Crippen molar-refractivity contribution in [2.45, 2.75) is 110 Å². The third-order valence-electron chi connectivity index (χ3n) is 9.23. The molecular weight excluding hydrogens is 520 g/mol. The van der Waals surface area contributed by atoms with Gasteiger partial charge in [0, 0.05) is 23.2 Å². The lowest BCUT2D eigenvalue weighted by molar-refractivity contribution is 0.646. The molecule has 4 aromatic carbocycles. The van der Waals surface area contributed by atoms with E-state index in [-0.39, 0.29) is 0 Å². The van der Waals surface area contributed by atoms with Crippen LogP contribution in [-0.4, -0.2) is 0 Å². The number of unbranched alkanes of at least 4 members (excludes halogenated alkanes) is 4. The normalized spacial score (nSPS) is 12.7. The molecule has 0 amide bonds. The fourth-order valence-electron chi connectivity index (χ4n) is 6.67. The van der Waals surface area contributed by atoms with Crippen molar-refractivity contribution in [3.8, 4) is 0 Å². The predicted octanol–water partition coefficient (Wildman–Crippen LogP) is 11.1. The largest absolute Gasteiger partial charge is 0.399 e. The topological polar surface area (TPSA) is 52.0 Å². The zero-order valence-corrected chi connectivity index (χ0v) is 27.2. The van der Waals surface area contributed by atoms with Crippen LogP contribution in [0.3, 0.4) is 0 Å². The van der Waals surface area contributed by atoms with Crippen LogP contribution in [0.4, 0.5) is 11.4 Å². The summed E-state index contributed by atoms with van der Waals surface area (Å²) < 4.78 is 0. The maximum absolute atomic E-state index is 6.04. The van der Waals surface area contributed by atoms with Gasteiger partial charge in [0.2, 0.25) is 0 Å². The summed E-state index contributed by atoms with van der Waals surface area (Å²) in [6, 6.07) is 31.7. The number of nitrogens with two attached hydrogens (primary N) is 2. The second-order valence-electron chi connectivity index (χ2n) is 12.7. The summed E-state index contributed by atoms with van der Waals surface area (Å²) in [5.74, 6) is 0.886. The first kappa shape index (κ1) is 32.4. The predicted molar refractivity (Wildman–Crippen MR) is 188 cm³/mol. The number of anilines is 2. The summed E-state index contributed by atoms with van der Waals surface area (Å²) in [5.41, 5.74) is 25.0. The van der Waals surface area contributed by atoms with E-state index in [1.54, 1.807) is 0 Å². The zero-order valence-electron chi connectivity index (χ0n) is 27.2. The van der Waals surface area contributed by atoms with Gasteiger partial charge >= 0.3 is 0 Å². The Morgan fingerprint density at radius 1 is 0.488 bits per heavy atom. The third kappa shape index (κ3) is 9.23. The van der Waals surface area contributed by atoms with Crippen molar-refractivity contribution in [3.05, 3.63) is 129 Å². The molecule has 4 N–H and O–H groups in total. The Morgan fingerprint density at radius 2 is 0.884 bits per heavy atom. The highest BCUT2D eigenvalue weighted by Gasteiger charge is 2.17. The van der Waals surface area contributed by atoms with Crippen molar-refractivity contribution in [2.75, 3.05) is 11.5 Å². The van der Waals surface area contributed by atoms with Crippen LogP contribution in [0.2, 0.25) is 0 Å². The Hall–Kier alpha value is -3.52. The van der Waals surface area contributed by atoms with Gasteiger partial charge < -0.3 is 11.5 Å². The van der Waals surface area contributed by atoms with Crippen LogP contribution in [0.15, 0.2) is 84.9 Å². The van der Waals surface area contributed by atoms with Crippen LogP contribution in [0.1, 0.15) is 128 Å². The SMILES string of the molecule is CCCCC(c1ccc(CCCCCc2ccc(C(CCCC)c3ccc(N)cc3C)cc2)cc1)c1ccc(N)cc1C. The molecule has 2 nitrogen and oxygen atoms in total. The molecule has 0 saturated heterocycles. The molecule has 0 bridgehead atoms. The summed E-state index contributed by atoms with van der Waals surface area (Å²) in [6.07, 6.45) is 13.3. The van der Waals surface area contributed by atoms with E-state index in [4.69, 9.17) is 11.5 Å². The van der Waals surface area contributed by atoms with E-state index in [2.05, 4.69) is 113 Å². The molecule has 4 aromatic rings. The van der Waals surface area contributed by atoms with Gasteiger partial charge in [-0.1, -0.05) is 107 Å². The van der Waals surface area contributed by atoms with E-state index in [0.717, 1.165) is 24.2 Å². The average molecular weight is 575 g/mol. The molecular formula is C41H54N2. The minimum atomic E-state index is 0.443. The molecule has 0 aliphatic rings. The second-order valence-corrected chi connectivity index (χ2v) is 12.7. The lowest BCUT2D eigenvalue weighted by Crippen LogP contribution is -2.04. The molecule has 43 heavy (non-hydrogen) atoms. The lowest BCUT2D eigenvalue weighted by atomic mass is 9.84. The number of benzene rings is 4. The number of nitrogen functional groups attached to an aromatic ring is 2.